The normalized spacial score (nSPS) is 9.67. The van der Waals surface area contributed by atoms with Crippen molar-refractivity contribution in [1.29, 1.82) is 0 Å². The summed E-state index contributed by atoms with van der Waals surface area (Å²) in [5, 5.41) is 4.00. The van der Waals surface area contributed by atoms with Gasteiger partial charge in [0.25, 0.3) is 0 Å². The number of benzene rings is 2. The van der Waals surface area contributed by atoms with Crippen molar-refractivity contribution >= 4 is 26.7 Å². The molecule has 0 radical (unpaired) electrons. The minimum Gasteiger partial charge on any atom is -0.365 e. The van der Waals surface area contributed by atoms with Crippen LogP contribution < -0.4 is 5.32 Å². The minimum atomic E-state index is -0.178. The lowest BCUT2D eigenvalue weighted by Crippen LogP contribution is -1.83. The molecule has 0 saturated carbocycles. The van der Waals surface area contributed by atoms with Crippen LogP contribution >= 0.6 is 11.3 Å². The first-order valence-electron chi connectivity index (χ1n) is 5.53. The highest BCUT2D eigenvalue weighted by Crippen LogP contribution is 2.24. The van der Waals surface area contributed by atoms with E-state index in [0.717, 1.165) is 10.6 Å². The van der Waals surface area contributed by atoms with E-state index in [-0.39, 0.29) is 5.82 Å². The van der Waals surface area contributed by atoms with Crippen LogP contribution in [-0.4, -0.2) is 12.0 Å². The van der Waals surface area contributed by atoms with Crippen LogP contribution in [0.15, 0.2) is 54.6 Å². The lowest BCUT2D eigenvalue weighted by molar-refractivity contribution is 0.628. The Hall–Kier alpha value is -1.94. The zero-order chi connectivity index (χ0) is 12.8. The molecule has 0 aliphatic carbocycles. The molecule has 0 atom stereocenters. The molecule has 3 rings (SSSR count). The summed E-state index contributed by atoms with van der Waals surface area (Å²) in [5.41, 5.74) is 1.07. The third-order valence-corrected chi connectivity index (χ3v) is 3.29. The fraction of sp³-hybridized carbons (Fsp3) is 0.0714. The molecule has 0 bridgehead atoms. The third-order valence-electron chi connectivity index (χ3n) is 2.24. The second-order valence-corrected chi connectivity index (χ2v) is 4.56. The quantitative estimate of drug-likeness (QED) is 0.710. The molecule has 3 aromatic rings. The van der Waals surface area contributed by atoms with Crippen molar-refractivity contribution in [1.82, 2.24) is 4.98 Å². The topological polar surface area (TPSA) is 24.9 Å². The average molecular weight is 260 g/mol. The number of fused-ring (bicyclic) bond motifs is 1. The van der Waals surface area contributed by atoms with Crippen LogP contribution in [0.5, 0.6) is 0 Å². The molecule has 18 heavy (non-hydrogen) atoms. The number of aromatic nitrogens is 1. The first-order chi connectivity index (χ1) is 8.79. The third kappa shape index (κ3) is 3.28. The van der Waals surface area contributed by atoms with Crippen LogP contribution in [0.25, 0.3) is 10.2 Å². The first-order valence-corrected chi connectivity index (χ1v) is 6.35. The molecule has 1 aromatic heterocycles. The van der Waals surface area contributed by atoms with E-state index >= 15 is 0 Å². The van der Waals surface area contributed by atoms with Crippen LogP contribution in [-0.2, 0) is 0 Å². The van der Waals surface area contributed by atoms with E-state index in [1.807, 2.05) is 25.2 Å². The van der Waals surface area contributed by atoms with Crippen molar-refractivity contribution in [2.45, 2.75) is 0 Å². The number of anilines is 1. The number of halogens is 1. The number of nitrogens with one attached hydrogen (secondary N) is 1. The van der Waals surface area contributed by atoms with Gasteiger partial charge in [-0.05, 0) is 24.3 Å². The Labute approximate surface area is 109 Å². The molecule has 0 aliphatic rings. The summed E-state index contributed by atoms with van der Waals surface area (Å²) in [5.74, 6) is -0.178. The van der Waals surface area contributed by atoms with E-state index in [1.54, 1.807) is 29.5 Å². The lowest BCUT2D eigenvalue weighted by atomic mass is 10.3. The Morgan fingerprint density at radius 2 is 1.67 bits per heavy atom. The molecule has 4 heteroatoms. The van der Waals surface area contributed by atoms with Gasteiger partial charge in [0.05, 0.1) is 10.2 Å². The molecule has 1 heterocycles. The van der Waals surface area contributed by atoms with E-state index in [0.29, 0.717) is 0 Å². The molecular formula is C14H13FN2S. The van der Waals surface area contributed by atoms with Gasteiger partial charge in [0.2, 0.25) is 0 Å². The molecule has 0 fully saturated rings. The van der Waals surface area contributed by atoms with Gasteiger partial charge in [-0.25, -0.2) is 9.37 Å². The number of nitrogens with zero attached hydrogens (tertiary/aromatic N) is 1. The molecule has 0 amide bonds. The number of para-hydroxylation sites is 1. The Kier molecular flexibility index (Phi) is 4.25. The second-order valence-electron chi connectivity index (χ2n) is 3.53. The maximum Gasteiger partial charge on any atom is 0.183 e. The summed E-state index contributed by atoms with van der Waals surface area (Å²) < 4.78 is 13.1. The molecule has 0 spiro atoms. The van der Waals surface area contributed by atoms with Crippen LogP contribution in [0.1, 0.15) is 0 Å². The Balaban J connectivity index is 0.000000149. The summed E-state index contributed by atoms with van der Waals surface area (Å²) in [6.45, 7) is 0. The maximum atomic E-state index is 11.9. The van der Waals surface area contributed by atoms with Crippen molar-refractivity contribution < 1.29 is 4.39 Å². The monoisotopic (exact) mass is 260 g/mol. The van der Waals surface area contributed by atoms with E-state index in [1.165, 1.54) is 16.8 Å². The number of hydrogen-bond acceptors (Lipinski definition) is 3. The fourth-order valence-electron chi connectivity index (χ4n) is 1.39. The highest BCUT2D eigenvalue weighted by Gasteiger charge is 1.98. The van der Waals surface area contributed by atoms with E-state index in [9.17, 15) is 4.39 Å². The lowest BCUT2D eigenvalue weighted by Gasteiger charge is -1.84. The Bertz CT molecular complexity index is 574. The average Bonchev–Trinajstić information content (AvgIpc) is 2.83. The van der Waals surface area contributed by atoms with Crippen molar-refractivity contribution in [2.75, 3.05) is 12.4 Å². The summed E-state index contributed by atoms with van der Waals surface area (Å²) in [7, 11) is 1.89. The van der Waals surface area contributed by atoms with Crippen molar-refractivity contribution in [3.8, 4) is 0 Å². The molecule has 0 unspecified atom stereocenters. The van der Waals surface area contributed by atoms with Gasteiger partial charge in [-0.15, -0.1) is 0 Å². The van der Waals surface area contributed by atoms with Crippen LogP contribution in [0, 0.1) is 5.82 Å². The van der Waals surface area contributed by atoms with Crippen molar-refractivity contribution in [3.05, 3.63) is 60.4 Å². The standard InChI is InChI=1S/C8H8N2S.C6H5F/c1-9-8-10-6-4-2-3-5-7(6)11-8;7-6-4-2-1-3-5-6/h2-5H,1H3,(H,9,10);1-5H. The van der Waals surface area contributed by atoms with Gasteiger partial charge in [0, 0.05) is 7.05 Å². The summed E-state index contributed by atoms with van der Waals surface area (Å²) >= 11 is 1.68. The SMILES string of the molecule is CNc1nc2ccccc2s1.Fc1ccccc1. The van der Waals surface area contributed by atoms with Crippen molar-refractivity contribution in [2.24, 2.45) is 0 Å². The van der Waals surface area contributed by atoms with Gasteiger partial charge in [-0.3, -0.25) is 0 Å². The largest absolute Gasteiger partial charge is 0.365 e. The van der Waals surface area contributed by atoms with E-state index < -0.39 is 0 Å². The zero-order valence-electron chi connectivity index (χ0n) is 9.93. The highest BCUT2D eigenvalue weighted by atomic mass is 32.1. The molecule has 0 aliphatic heterocycles. The smallest absolute Gasteiger partial charge is 0.183 e. The van der Waals surface area contributed by atoms with E-state index in [2.05, 4.69) is 16.4 Å². The van der Waals surface area contributed by atoms with Gasteiger partial charge in [-0.2, -0.15) is 0 Å². The fourth-order valence-corrected chi connectivity index (χ4v) is 2.21. The van der Waals surface area contributed by atoms with Crippen LogP contribution in [0.2, 0.25) is 0 Å². The number of thiazole rings is 1. The van der Waals surface area contributed by atoms with Gasteiger partial charge in [0.15, 0.2) is 5.13 Å². The predicted octanol–water partition coefficient (Wildman–Crippen LogP) is 4.16. The molecule has 1 N–H and O–H groups in total. The van der Waals surface area contributed by atoms with Gasteiger partial charge in [-0.1, -0.05) is 41.7 Å². The Morgan fingerprint density at radius 1 is 1.00 bits per heavy atom. The van der Waals surface area contributed by atoms with Gasteiger partial charge < -0.3 is 5.32 Å². The van der Waals surface area contributed by atoms with Crippen LogP contribution in [0.3, 0.4) is 0 Å². The van der Waals surface area contributed by atoms with Crippen molar-refractivity contribution in [3.63, 3.8) is 0 Å². The summed E-state index contributed by atoms with van der Waals surface area (Å²) in [6.07, 6.45) is 0. The zero-order valence-corrected chi connectivity index (χ0v) is 10.7. The second kappa shape index (κ2) is 6.12. The Morgan fingerprint density at radius 3 is 2.22 bits per heavy atom. The molecule has 2 nitrogen and oxygen atoms in total. The van der Waals surface area contributed by atoms with Crippen LogP contribution in [0.4, 0.5) is 9.52 Å². The highest BCUT2D eigenvalue weighted by molar-refractivity contribution is 7.22. The van der Waals surface area contributed by atoms with Gasteiger partial charge >= 0.3 is 0 Å². The number of hydrogen-bond donors (Lipinski definition) is 1. The molecule has 92 valence electrons. The first kappa shape index (κ1) is 12.5. The maximum absolute atomic E-state index is 11.9. The van der Waals surface area contributed by atoms with Gasteiger partial charge in [0.1, 0.15) is 5.82 Å². The summed E-state index contributed by atoms with van der Waals surface area (Å²) in [6, 6.07) is 16.1. The minimum absolute atomic E-state index is 0.178. The number of rotatable bonds is 1. The molecular weight excluding hydrogens is 247 g/mol. The predicted molar refractivity (Wildman–Crippen MR) is 75.6 cm³/mol. The van der Waals surface area contributed by atoms with E-state index in [4.69, 9.17) is 0 Å². The molecule has 0 saturated heterocycles. The molecule has 2 aromatic carbocycles. The summed E-state index contributed by atoms with van der Waals surface area (Å²) in [4.78, 5) is 4.34.